The summed E-state index contributed by atoms with van der Waals surface area (Å²) in [5.74, 6) is 0.199. The second kappa shape index (κ2) is 5.91. The van der Waals surface area contributed by atoms with Crippen molar-refractivity contribution in [3.8, 4) is 5.75 Å². The van der Waals surface area contributed by atoms with E-state index in [2.05, 4.69) is 31.9 Å². The first-order valence-corrected chi connectivity index (χ1v) is 7.15. The van der Waals surface area contributed by atoms with Crippen LogP contribution >= 0.6 is 43.5 Å². The van der Waals surface area contributed by atoms with E-state index in [9.17, 15) is 5.11 Å². The molecule has 0 aliphatic heterocycles. The Hall–Kier alpha value is -0.770. The number of rotatable bonds is 2. The lowest BCUT2D eigenvalue weighted by Crippen LogP contribution is -1.78. The summed E-state index contributed by atoms with van der Waals surface area (Å²) in [4.78, 5) is 0. The fourth-order valence-corrected chi connectivity index (χ4v) is 2.90. The van der Waals surface area contributed by atoms with Gasteiger partial charge in [0.25, 0.3) is 0 Å². The van der Waals surface area contributed by atoms with E-state index in [0.717, 1.165) is 11.1 Å². The molecule has 0 aromatic heterocycles. The molecular weight excluding hydrogens is 379 g/mol. The quantitative estimate of drug-likeness (QED) is 0.651. The van der Waals surface area contributed by atoms with Gasteiger partial charge in [-0.1, -0.05) is 42.0 Å². The van der Waals surface area contributed by atoms with Crippen molar-refractivity contribution < 1.29 is 5.11 Å². The van der Waals surface area contributed by atoms with Gasteiger partial charge in [0.1, 0.15) is 5.75 Å². The minimum Gasteiger partial charge on any atom is -0.506 e. The Balaban J connectivity index is 2.33. The molecule has 1 nitrogen and oxygen atoms in total. The van der Waals surface area contributed by atoms with Crippen molar-refractivity contribution >= 4 is 55.6 Å². The van der Waals surface area contributed by atoms with Gasteiger partial charge in [0, 0.05) is 5.02 Å². The Labute approximate surface area is 127 Å². The molecule has 2 rings (SSSR count). The Kier molecular flexibility index (Phi) is 4.49. The van der Waals surface area contributed by atoms with Crippen LogP contribution < -0.4 is 0 Å². The molecule has 92 valence electrons. The number of phenolic OH excluding ortho intramolecular Hbond substituents is 1. The van der Waals surface area contributed by atoms with Gasteiger partial charge in [-0.15, -0.1) is 0 Å². The molecular formula is C14H9Br2ClO. The van der Waals surface area contributed by atoms with Crippen LogP contribution in [0.25, 0.3) is 12.2 Å². The average molecular weight is 388 g/mol. The summed E-state index contributed by atoms with van der Waals surface area (Å²) in [6.07, 6.45) is 3.88. The third-order valence-corrected chi connectivity index (χ3v) is 3.95. The molecule has 0 aliphatic rings. The smallest absolute Gasteiger partial charge is 0.143 e. The molecule has 2 aromatic rings. The Morgan fingerprint density at radius 2 is 1.61 bits per heavy atom. The third-order valence-electron chi connectivity index (χ3n) is 2.40. The van der Waals surface area contributed by atoms with E-state index < -0.39 is 0 Å². The molecule has 0 saturated carbocycles. The van der Waals surface area contributed by atoms with Gasteiger partial charge in [0.15, 0.2) is 0 Å². The van der Waals surface area contributed by atoms with Gasteiger partial charge >= 0.3 is 0 Å². The second-order valence-electron chi connectivity index (χ2n) is 3.69. The normalized spacial score (nSPS) is 11.1. The summed E-state index contributed by atoms with van der Waals surface area (Å²) in [6, 6.07) is 11.3. The van der Waals surface area contributed by atoms with E-state index in [1.54, 1.807) is 0 Å². The highest BCUT2D eigenvalue weighted by atomic mass is 79.9. The maximum atomic E-state index is 9.62. The summed E-state index contributed by atoms with van der Waals surface area (Å²) >= 11 is 12.7. The van der Waals surface area contributed by atoms with Crippen LogP contribution in [0.15, 0.2) is 45.3 Å². The van der Waals surface area contributed by atoms with E-state index in [4.69, 9.17) is 11.6 Å². The van der Waals surface area contributed by atoms with Crippen LogP contribution in [0.2, 0.25) is 5.02 Å². The minimum absolute atomic E-state index is 0.199. The first kappa shape index (κ1) is 13.7. The molecule has 2 aromatic carbocycles. The standard InChI is InChI=1S/C14H9Br2ClO/c15-11-7-9(8-12(16)14(11)18)5-6-10-3-1-2-4-13(10)17/h1-8,18H/b6-5+. The predicted molar refractivity (Wildman–Crippen MR) is 83.9 cm³/mol. The van der Waals surface area contributed by atoms with Gasteiger partial charge in [-0.2, -0.15) is 0 Å². The van der Waals surface area contributed by atoms with Crippen molar-refractivity contribution in [3.05, 3.63) is 61.5 Å². The highest BCUT2D eigenvalue weighted by molar-refractivity contribution is 9.11. The topological polar surface area (TPSA) is 20.2 Å². The van der Waals surface area contributed by atoms with Crippen molar-refractivity contribution in [3.63, 3.8) is 0 Å². The second-order valence-corrected chi connectivity index (χ2v) is 5.80. The number of phenols is 1. The summed E-state index contributed by atoms with van der Waals surface area (Å²) in [5, 5.41) is 10.3. The van der Waals surface area contributed by atoms with Crippen molar-refractivity contribution in [2.45, 2.75) is 0 Å². The van der Waals surface area contributed by atoms with E-state index >= 15 is 0 Å². The number of benzene rings is 2. The zero-order valence-corrected chi connectivity index (χ0v) is 13.1. The zero-order chi connectivity index (χ0) is 13.1. The largest absolute Gasteiger partial charge is 0.506 e. The maximum Gasteiger partial charge on any atom is 0.143 e. The van der Waals surface area contributed by atoms with E-state index in [1.165, 1.54) is 0 Å². The van der Waals surface area contributed by atoms with Gasteiger partial charge in [0.05, 0.1) is 8.95 Å². The average Bonchev–Trinajstić information content (AvgIpc) is 2.35. The summed E-state index contributed by atoms with van der Waals surface area (Å²) < 4.78 is 1.30. The Morgan fingerprint density at radius 1 is 1.00 bits per heavy atom. The molecule has 1 N–H and O–H groups in total. The molecule has 0 heterocycles. The molecule has 0 radical (unpaired) electrons. The summed E-state index contributed by atoms with van der Waals surface area (Å²) in [5.41, 5.74) is 1.92. The molecule has 0 saturated heterocycles. The molecule has 18 heavy (non-hydrogen) atoms. The Bertz CT molecular complexity index is 585. The van der Waals surface area contributed by atoms with Crippen LogP contribution in [0.1, 0.15) is 11.1 Å². The first-order chi connectivity index (χ1) is 8.58. The van der Waals surface area contributed by atoms with Crippen LogP contribution in [0.4, 0.5) is 0 Å². The lowest BCUT2D eigenvalue weighted by molar-refractivity contribution is 0.468. The van der Waals surface area contributed by atoms with Crippen LogP contribution in [-0.4, -0.2) is 5.11 Å². The van der Waals surface area contributed by atoms with Gasteiger partial charge in [-0.05, 0) is 61.2 Å². The summed E-state index contributed by atoms with van der Waals surface area (Å²) in [6.45, 7) is 0. The highest BCUT2D eigenvalue weighted by Crippen LogP contribution is 2.34. The van der Waals surface area contributed by atoms with Crippen molar-refractivity contribution in [2.75, 3.05) is 0 Å². The number of hydrogen-bond acceptors (Lipinski definition) is 1. The van der Waals surface area contributed by atoms with E-state index in [1.807, 2.05) is 48.6 Å². The molecule has 0 aliphatic carbocycles. The third kappa shape index (κ3) is 3.16. The van der Waals surface area contributed by atoms with Gasteiger partial charge in [-0.25, -0.2) is 0 Å². The van der Waals surface area contributed by atoms with E-state index in [-0.39, 0.29) is 5.75 Å². The van der Waals surface area contributed by atoms with E-state index in [0.29, 0.717) is 14.0 Å². The minimum atomic E-state index is 0.199. The van der Waals surface area contributed by atoms with Crippen LogP contribution in [-0.2, 0) is 0 Å². The van der Waals surface area contributed by atoms with Crippen LogP contribution in [0.3, 0.4) is 0 Å². The number of halogens is 3. The molecule has 0 amide bonds. The molecule has 0 unspecified atom stereocenters. The van der Waals surface area contributed by atoms with Crippen molar-refractivity contribution in [1.29, 1.82) is 0 Å². The molecule has 0 atom stereocenters. The summed E-state index contributed by atoms with van der Waals surface area (Å²) in [7, 11) is 0. The highest BCUT2D eigenvalue weighted by Gasteiger charge is 2.04. The fourth-order valence-electron chi connectivity index (χ4n) is 1.48. The number of aromatic hydroxyl groups is 1. The fraction of sp³-hybridized carbons (Fsp3) is 0. The monoisotopic (exact) mass is 386 g/mol. The first-order valence-electron chi connectivity index (χ1n) is 5.18. The molecule has 4 heteroatoms. The Morgan fingerprint density at radius 3 is 2.22 bits per heavy atom. The van der Waals surface area contributed by atoms with Crippen molar-refractivity contribution in [2.24, 2.45) is 0 Å². The van der Waals surface area contributed by atoms with Gasteiger partial charge in [-0.3, -0.25) is 0 Å². The lowest BCUT2D eigenvalue weighted by atomic mass is 10.1. The number of hydrogen-bond donors (Lipinski definition) is 1. The molecule has 0 spiro atoms. The van der Waals surface area contributed by atoms with Gasteiger partial charge < -0.3 is 5.11 Å². The van der Waals surface area contributed by atoms with Gasteiger partial charge in [0.2, 0.25) is 0 Å². The molecule has 0 fully saturated rings. The van der Waals surface area contributed by atoms with Crippen molar-refractivity contribution in [1.82, 2.24) is 0 Å². The SMILES string of the molecule is Oc1c(Br)cc(/C=C/c2ccccc2Cl)cc1Br. The lowest BCUT2D eigenvalue weighted by Gasteiger charge is -2.02. The zero-order valence-electron chi connectivity index (χ0n) is 9.20. The predicted octanol–water partition coefficient (Wildman–Crippen LogP) is 5.74. The molecule has 0 bridgehead atoms. The maximum absolute atomic E-state index is 9.62. The van der Waals surface area contributed by atoms with Crippen LogP contribution in [0, 0.1) is 0 Å². The van der Waals surface area contributed by atoms with Crippen LogP contribution in [0.5, 0.6) is 5.75 Å².